The van der Waals surface area contributed by atoms with E-state index in [4.69, 9.17) is 13.6 Å². The lowest BCUT2D eigenvalue weighted by Gasteiger charge is -2.08. The third-order valence-corrected chi connectivity index (χ3v) is 3.38. The van der Waals surface area contributed by atoms with E-state index in [2.05, 4.69) is 5.32 Å². The van der Waals surface area contributed by atoms with Crippen LogP contribution in [-0.4, -0.2) is 12.5 Å². The minimum Gasteiger partial charge on any atom is -0.484 e. The monoisotopic (exact) mass is 311 g/mol. The lowest BCUT2D eigenvalue weighted by molar-refractivity contribution is -0.123. The zero-order chi connectivity index (χ0) is 16.1. The predicted molar refractivity (Wildman–Crippen MR) is 84.9 cm³/mol. The van der Waals surface area contributed by atoms with Crippen molar-refractivity contribution < 1.29 is 18.4 Å². The Labute approximate surface area is 133 Å². The number of rotatable bonds is 6. The average Bonchev–Trinajstić information content (AvgIpc) is 3.23. The Bertz CT molecular complexity index is 774. The van der Waals surface area contributed by atoms with Crippen molar-refractivity contribution >= 4 is 5.91 Å². The maximum Gasteiger partial charge on any atom is 0.258 e. The highest BCUT2D eigenvalue weighted by Crippen LogP contribution is 2.22. The molecule has 1 amide bonds. The maximum absolute atomic E-state index is 11.8. The zero-order valence-corrected chi connectivity index (χ0v) is 12.7. The van der Waals surface area contributed by atoms with Crippen LogP contribution in [0.15, 0.2) is 63.8 Å². The number of para-hydroxylation sites is 1. The number of carbonyl (C=O) groups is 1. The quantitative estimate of drug-likeness (QED) is 0.756. The summed E-state index contributed by atoms with van der Waals surface area (Å²) in [7, 11) is 0. The smallest absolute Gasteiger partial charge is 0.258 e. The highest BCUT2D eigenvalue weighted by atomic mass is 16.5. The summed E-state index contributed by atoms with van der Waals surface area (Å²) < 4.78 is 16.2. The molecular weight excluding hydrogens is 294 g/mol. The van der Waals surface area contributed by atoms with Crippen LogP contribution in [0.3, 0.4) is 0 Å². The molecule has 0 bridgehead atoms. The fourth-order valence-corrected chi connectivity index (χ4v) is 2.13. The molecule has 0 saturated heterocycles. The van der Waals surface area contributed by atoms with Crippen LogP contribution in [0.1, 0.15) is 11.3 Å². The molecule has 2 heterocycles. The van der Waals surface area contributed by atoms with Crippen molar-refractivity contribution in [3.63, 3.8) is 0 Å². The number of aryl methyl sites for hydroxylation is 1. The van der Waals surface area contributed by atoms with Gasteiger partial charge in [0.1, 0.15) is 23.5 Å². The molecule has 1 aromatic carbocycles. The van der Waals surface area contributed by atoms with Crippen molar-refractivity contribution in [3.8, 4) is 17.1 Å². The molecule has 0 unspecified atom stereocenters. The topological polar surface area (TPSA) is 64.6 Å². The Balaban J connectivity index is 1.49. The zero-order valence-electron chi connectivity index (χ0n) is 12.7. The predicted octanol–water partition coefficient (Wildman–Crippen LogP) is 3.54. The molecule has 23 heavy (non-hydrogen) atoms. The van der Waals surface area contributed by atoms with Gasteiger partial charge in [-0.15, -0.1) is 0 Å². The second-order valence-corrected chi connectivity index (χ2v) is 5.11. The van der Waals surface area contributed by atoms with E-state index in [1.165, 1.54) is 0 Å². The summed E-state index contributed by atoms with van der Waals surface area (Å²) in [5.74, 6) is 1.89. The van der Waals surface area contributed by atoms with Gasteiger partial charge in [-0.2, -0.15) is 0 Å². The van der Waals surface area contributed by atoms with Gasteiger partial charge in [0.2, 0.25) is 0 Å². The summed E-state index contributed by atoms with van der Waals surface area (Å²) in [4.78, 5) is 11.8. The molecule has 2 aromatic heterocycles. The van der Waals surface area contributed by atoms with E-state index >= 15 is 0 Å². The van der Waals surface area contributed by atoms with Gasteiger partial charge in [-0.25, -0.2) is 0 Å². The molecule has 0 spiro atoms. The van der Waals surface area contributed by atoms with Crippen molar-refractivity contribution in [2.45, 2.75) is 13.5 Å². The summed E-state index contributed by atoms with van der Waals surface area (Å²) in [6.07, 6.45) is 3.19. The highest BCUT2D eigenvalue weighted by molar-refractivity contribution is 5.77. The number of hydrogen-bond acceptors (Lipinski definition) is 4. The molecule has 3 aromatic rings. The van der Waals surface area contributed by atoms with E-state index < -0.39 is 0 Å². The van der Waals surface area contributed by atoms with E-state index in [0.29, 0.717) is 23.8 Å². The molecule has 5 nitrogen and oxygen atoms in total. The first kappa shape index (κ1) is 15.0. The molecule has 0 saturated carbocycles. The molecule has 118 valence electrons. The number of carbonyl (C=O) groups excluding carboxylic acids is 1. The van der Waals surface area contributed by atoms with Crippen LogP contribution in [-0.2, 0) is 11.3 Å². The molecule has 1 N–H and O–H groups in total. The minimum atomic E-state index is -0.200. The molecular formula is C18H17NO4. The van der Waals surface area contributed by atoms with Crippen LogP contribution in [0.2, 0.25) is 0 Å². The first-order chi connectivity index (χ1) is 11.2. The van der Waals surface area contributed by atoms with Crippen LogP contribution in [0.4, 0.5) is 0 Å². The fourth-order valence-electron chi connectivity index (χ4n) is 2.13. The molecule has 3 rings (SSSR count). The summed E-state index contributed by atoms with van der Waals surface area (Å²) in [5, 5.41) is 2.77. The Morgan fingerprint density at radius 1 is 1.17 bits per heavy atom. The fraction of sp³-hybridized carbons (Fsp3) is 0.167. The summed E-state index contributed by atoms with van der Waals surface area (Å²) >= 11 is 0. The number of ether oxygens (including phenoxy) is 1. The number of benzene rings is 1. The van der Waals surface area contributed by atoms with Gasteiger partial charge in [0.25, 0.3) is 5.91 Å². The molecule has 0 aliphatic rings. The minimum absolute atomic E-state index is 0.0276. The van der Waals surface area contributed by atoms with Crippen molar-refractivity contribution in [2.75, 3.05) is 6.61 Å². The first-order valence-corrected chi connectivity index (χ1v) is 7.29. The largest absolute Gasteiger partial charge is 0.484 e. The van der Waals surface area contributed by atoms with Crippen LogP contribution in [0.5, 0.6) is 5.75 Å². The average molecular weight is 311 g/mol. The van der Waals surface area contributed by atoms with E-state index in [-0.39, 0.29) is 12.5 Å². The van der Waals surface area contributed by atoms with Gasteiger partial charge in [-0.1, -0.05) is 18.2 Å². The lowest BCUT2D eigenvalue weighted by Crippen LogP contribution is -2.28. The normalized spacial score (nSPS) is 10.5. The Morgan fingerprint density at radius 3 is 2.83 bits per heavy atom. The third kappa shape index (κ3) is 3.83. The standard InChI is InChI=1S/C18H17NO4/c1-13-4-2-3-5-16(13)22-12-18(20)19-10-15-6-7-17(23-15)14-8-9-21-11-14/h2-9,11H,10,12H2,1H3,(H,19,20). The van der Waals surface area contributed by atoms with Crippen molar-refractivity contribution in [1.82, 2.24) is 5.32 Å². The number of nitrogens with one attached hydrogen (secondary N) is 1. The second-order valence-electron chi connectivity index (χ2n) is 5.11. The highest BCUT2D eigenvalue weighted by Gasteiger charge is 2.08. The van der Waals surface area contributed by atoms with Crippen molar-refractivity contribution in [3.05, 3.63) is 66.3 Å². The lowest BCUT2D eigenvalue weighted by atomic mass is 10.2. The van der Waals surface area contributed by atoms with Gasteiger partial charge in [0.05, 0.1) is 18.4 Å². The molecule has 5 heteroatoms. The molecule has 0 atom stereocenters. The van der Waals surface area contributed by atoms with Gasteiger partial charge in [-0.05, 0) is 36.8 Å². The number of hydrogen-bond donors (Lipinski definition) is 1. The maximum atomic E-state index is 11.8. The van der Waals surface area contributed by atoms with Gasteiger partial charge in [-0.3, -0.25) is 4.79 Å². The van der Waals surface area contributed by atoms with E-state index in [0.717, 1.165) is 11.1 Å². The van der Waals surface area contributed by atoms with Gasteiger partial charge >= 0.3 is 0 Å². The van der Waals surface area contributed by atoms with Crippen molar-refractivity contribution in [2.24, 2.45) is 0 Å². The number of furan rings is 2. The molecule has 0 aliphatic heterocycles. The molecule has 0 radical (unpaired) electrons. The van der Waals surface area contributed by atoms with Gasteiger partial charge < -0.3 is 18.9 Å². The van der Waals surface area contributed by atoms with Crippen LogP contribution in [0, 0.1) is 6.92 Å². The Kier molecular flexibility index (Phi) is 4.47. The molecule has 0 aliphatic carbocycles. The second kappa shape index (κ2) is 6.87. The number of amides is 1. The van der Waals surface area contributed by atoms with Crippen LogP contribution >= 0.6 is 0 Å². The van der Waals surface area contributed by atoms with Gasteiger partial charge in [0, 0.05) is 0 Å². The van der Waals surface area contributed by atoms with Crippen LogP contribution in [0.25, 0.3) is 11.3 Å². The third-order valence-electron chi connectivity index (χ3n) is 3.38. The van der Waals surface area contributed by atoms with Gasteiger partial charge in [0.15, 0.2) is 6.61 Å². The van der Waals surface area contributed by atoms with E-state index in [1.807, 2.05) is 49.4 Å². The van der Waals surface area contributed by atoms with E-state index in [9.17, 15) is 4.79 Å². The van der Waals surface area contributed by atoms with Crippen LogP contribution < -0.4 is 10.1 Å². The Morgan fingerprint density at radius 2 is 2.04 bits per heavy atom. The first-order valence-electron chi connectivity index (χ1n) is 7.29. The summed E-state index contributed by atoms with van der Waals surface area (Å²) in [6.45, 7) is 2.22. The molecule has 0 fully saturated rings. The van der Waals surface area contributed by atoms with Crippen molar-refractivity contribution in [1.29, 1.82) is 0 Å². The summed E-state index contributed by atoms with van der Waals surface area (Å²) in [5.41, 5.74) is 1.86. The summed E-state index contributed by atoms with van der Waals surface area (Å²) in [6, 6.07) is 13.1. The SMILES string of the molecule is Cc1ccccc1OCC(=O)NCc1ccc(-c2ccoc2)o1. The van der Waals surface area contributed by atoms with E-state index in [1.54, 1.807) is 12.5 Å². The Hall–Kier alpha value is -2.95.